The molecule has 1 heterocycles. The van der Waals surface area contributed by atoms with E-state index in [1.165, 1.54) is 0 Å². The van der Waals surface area contributed by atoms with E-state index in [9.17, 15) is 4.79 Å². The summed E-state index contributed by atoms with van der Waals surface area (Å²) in [6, 6.07) is 5.61. The first kappa shape index (κ1) is 14.4. The van der Waals surface area contributed by atoms with Crippen molar-refractivity contribution in [2.24, 2.45) is 5.92 Å². The first-order chi connectivity index (χ1) is 9.09. The number of benzene rings is 1. The molecule has 4 heteroatoms. The zero-order valence-electron chi connectivity index (χ0n) is 11.6. The van der Waals surface area contributed by atoms with Gasteiger partial charge in [-0.1, -0.05) is 23.7 Å². The molecule has 3 nitrogen and oxygen atoms in total. The van der Waals surface area contributed by atoms with Crippen LogP contribution in [0.5, 0.6) is 0 Å². The molecule has 0 unspecified atom stereocenters. The summed E-state index contributed by atoms with van der Waals surface area (Å²) in [6.45, 7) is 4.84. The molecule has 1 aliphatic rings. The molecule has 0 bridgehead atoms. The Balaban J connectivity index is 2.03. The summed E-state index contributed by atoms with van der Waals surface area (Å²) in [6.07, 6.45) is 2.28. The average Bonchev–Trinajstić information content (AvgIpc) is 2.42. The molecule has 1 aromatic rings. The van der Waals surface area contributed by atoms with Crippen molar-refractivity contribution in [1.82, 2.24) is 10.2 Å². The molecule has 2 rings (SSSR count). The van der Waals surface area contributed by atoms with Gasteiger partial charge < -0.3 is 10.2 Å². The summed E-state index contributed by atoms with van der Waals surface area (Å²) in [5.41, 5.74) is 1.56. The van der Waals surface area contributed by atoms with Crippen LogP contribution in [0.25, 0.3) is 0 Å². The predicted octanol–water partition coefficient (Wildman–Crippen LogP) is 2.72. The highest BCUT2D eigenvalue weighted by molar-refractivity contribution is 6.34. The van der Waals surface area contributed by atoms with Crippen LogP contribution in [0.3, 0.4) is 0 Å². The van der Waals surface area contributed by atoms with Gasteiger partial charge in [-0.05, 0) is 50.4 Å². The molecule has 0 spiro atoms. The van der Waals surface area contributed by atoms with Crippen molar-refractivity contribution in [3.63, 3.8) is 0 Å². The molecule has 19 heavy (non-hydrogen) atoms. The van der Waals surface area contributed by atoms with E-state index in [4.69, 9.17) is 11.6 Å². The van der Waals surface area contributed by atoms with E-state index in [2.05, 4.69) is 5.32 Å². The predicted molar refractivity (Wildman–Crippen MR) is 78.7 cm³/mol. The van der Waals surface area contributed by atoms with Gasteiger partial charge in [0.2, 0.25) is 0 Å². The van der Waals surface area contributed by atoms with Crippen molar-refractivity contribution in [3.8, 4) is 0 Å². The van der Waals surface area contributed by atoms with Crippen LogP contribution < -0.4 is 5.32 Å². The van der Waals surface area contributed by atoms with Gasteiger partial charge in [0, 0.05) is 13.6 Å². The SMILES string of the molecule is Cc1cccc(C(=O)N(C)CC2CCNCC2)c1Cl. The van der Waals surface area contributed by atoms with Crippen molar-refractivity contribution < 1.29 is 4.79 Å². The van der Waals surface area contributed by atoms with Crippen molar-refractivity contribution in [1.29, 1.82) is 0 Å². The Hall–Kier alpha value is -1.06. The second kappa shape index (κ2) is 6.40. The number of amides is 1. The largest absolute Gasteiger partial charge is 0.341 e. The standard InChI is InChI=1S/C15H21ClN2O/c1-11-4-3-5-13(14(11)16)15(19)18(2)10-12-6-8-17-9-7-12/h3-5,12,17H,6-10H2,1-2H3. The van der Waals surface area contributed by atoms with Gasteiger partial charge in [0.25, 0.3) is 5.91 Å². The molecule has 0 saturated carbocycles. The van der Waals surface area contributed by atoms with Crippen LogP contribution in [0.4, 0.5) is 0 Å². The normalized spacial score (nSPS) is 16.4. The third-order valence-electron chi connectivity index (χ3n) is 3.76. The molecule has 0 aromatic heterocycles. The van der Waals surface area contributed by atoms with Gasteiger partial charge in [-0.3, -0.25) is 4.79 Å². The minimum Gasteiger partial charge on any atom is -0.341 e. The summed E-state index contributed by atoms with van der Waals surface area (Å²) >= 11 is 6.22. The lowest BCUT2D eigenvalue weighted by Crippen LogP contribution is -2.37. The summed E-state index contributed by atoms with van der Waals surface area (Å²) < 4.78 is 0. The minimum absolute atomic E-state index is 0.0206. The zero-order chi connectivity index (χ0) is 13.8. The Morgan fingerprint density at radius 2 is 2.11 bits per heavy atom. The second-order valence-corrected chi connectivity index (χ2v) is 5.69. The second-order valence-electron chi connectivity index (χ2n) is 5.32. The highest BCUT2D eigenvalue weighted by atomic mass is 35.5. The molecule has 1 aliphatic heterocycles. The molecule has 104 valence electrons. The summed E-state index contributed by atoms with van der Waals surface area (Å²) in [7, 11) is 1.86. The maximum Gasteiger partial charge on any atom is 0.255 e. The smallest absolute Gasteiger partial charge is 0.255 e. The number of aryl methyl sites for hydroxylation is 1. The van der Waals surface area contributed by atoms with E-state index in [0.717, 1.165) is 38.0 Å². The van der Waals surface area contributed by atoms with Gasteiger partial charge in [-0.15, -0.1) is 0 Å². The lowest BCUT2D eigenvalue weighted by atomic mass is 9.97. The number of nitrogens with zero attached hydrogens (tertiary/aromatic N) is 1. The van der Waals surface area contributed by atoms with Crippen molar-refractivity contribution in [2.75, 3.05) is 26.7 Å². The lowest BCUT2D eigenvalue weighted by molar-refractivity contribution is 0.0763. The fourth-order valence-corrected chi connectivity index (χ4v) is 2.76. The Kier molecular flexibility index (Phi) is 4.83. The average molecular weight is 281 g/mol. The molecule has 1 N–H and O–H groups in total. The highest BCUT2D eigenvalue weighted by Crippen LogP contribution is 2.22. The quantitative estimate of drug-likeness (QED) is 0.923. The van der Waals surface area contributed by atoms with Crippen molar-refractivity contribution >= 4 is 17.5 Å². The van der Waals surface area contributed by atoms with Crippen molar-refractivity contribution in [2.45, 2.75) is 19.8 Å². The van der Waals surface area contributed by atoms with Crippen LogP contribution in [0.15, 0.2) is 18.2 Å². The van der Waals surface area contributed by atoms with E-state index >= 15 is 0 Å². The number of rotatable bonds is 3. The first-order valence-corrected chi connectivity index (χ1v) is 7.18. The molecule has 1 fully saturated rings. The monoisotopic (exact) mass is 280 g/mol. The Morgan fingerprint density at radius 3 is 2.79 bits per heavy atom. The molecule has 1 aromatic carbocycles. The number of hydrogen-bond donors (Lipinski definition) is 1. The van der Waals surface area contributed by atoms with Crippen molar-refractivity contribution in [3.05, 3.63) is 34.3 Å². The fraction of sp³-hybridized carbons (Fsp3) is 0.533. The van der Waals surface area contributed by atoms with Gasteiger partial charge in [-0.2, -0.15) is 0 Å². The van der Waals surface area contributed by atoms with Gasteiger partial charge in [-0.25, -0.2) is 0 Å². The molecule has 1 amide bonds. The Bertz CT molecular complexity index is 455. The number of hydrogen-bond acceptors (Lipinski definition) is 2. The molecular formula is C15H21ClN2O. The Labute approximate surface area is 119 Å². The fourth-order valence-electron chi connectivity index (χ4n) is 2.55. The lowest BCUT2D eigenvalue weighted by Gasteiger charge is -2.27. The van der Waals surface area contributed by atoms with Gasteiger partial charge in [0.1, 0.15) is 0 Å². The van der Waals surface area contributed by atoms with E-state index < -0.39 is 0 Å². The summed E-state index contributed by atoms with van der Waals surface area (Å²) in [5.74, 6) is 0.617. The van der Waals surface area contributed by atoms with Crippen LogP contribution in [0, 0.1) is 12.8 Å². The highest BCUT2D eigenvalue weighted by Gasteiger charge is 2.20. The number of carbonyl (C=O) groups excluding carboxylic acids is 1. The Morgan fingerprint density at radius 1 is 1.42 bits per heavy atom. The molecule has 1 saturated heterocycles. The molecule has 0 atom stereocenters. The zero-order valence-corrected chi connectivity index (χ0v) is 12.3. The molecular weight excluding hydrogens is 260 g/mol. The van der Waals surface area contributed by atoms with Gasteiger partial charge >= 0.3 is 0 Å². The minimum atomic E-state index is 0.0206. The number of carbonyl (C=O) groups is 1. The summed E-state index contributed by atoms with van der Waals surface area (Å²) in [4.78, 5) is 14.2. The topological polar surface area (TPSA) is 32.3 Å². The van der Waals surface area contributed by atoms with E-state index in [1.54, 1.807) is 11.0 Å². The first-order valence-electron chi connectivity index (χ1n) is 6.81. The van der Waals surface area contributed by atoms with E-state index in [0.29, 0.717) is 16.5 Å². The van der Waals surface area contributed by atoms with Gasteiger partial charge in [0.05, 0.1) is 10.6 Å². The van der Waals surface area contributed by atoms with Gasteiger partial charge in [0.15, 0.2) is 0 Å². The van der Waals surface area contributed by atoms with Crippen LogP contribution in [-0.4, -0.2) is 37.5 Å². The number of nitrogens with one attached hydrogen (secondary N) is 1. The van der Waals surface area contributed by atoms with Crippen LogP contribution in [0.1, 0.15) is 28.8 Å². The third-order valence-corrected chi connectivity index (χ3v) is 4.26. The maximum absolute atomic E-state index is 12.4. The molecule has 0 aliphatic carbocycles. The summed E-state index contributed by atoms with van der Waals surface area (Å²) in [5, 5.41) is 3.91. The number of halogens is 1. The third kappa shape index (κ3) is 3.48. The van der Waals surface area contributed by atoms with Crippen LogP contribution >= 0.6 is 11.6 Å². The van der Waals surface area contributed by atoms with E-state index in [1.807, 2.05) is 26.1 Å². The molecule has 0 radical (unpaired) electrons. The van der Waals surface area contributed by atoms with E-state index in [-0.39, 0.29) is 5.91 Å². The number of piperidine rings is 1. The van der Waals surface area contributed by atoms with Crippen LogP contribution in [0.2, 0.25) is 5.02 Å². The maximum atomic E-state index is 12.4. The van der Waals surface area contributed by atoms with Crippen LogP contribution in [-0.2, 0) is 0 Å².